The number of primary amides is 1. The van der Waals surface area contributed by atoms with E-state index in [1.807, 2.05) is 0 Å². The van der Waals surface area contributed by atoms with Gasteiger partial charge in [-0.3, -0.25) is 4.79 Å². The van der Waals surface area contributed by atoms with E-state index >= 15 is 0 Å². The molecule has 0 saturated heterocycles. The molecule has 1 aromatic rings. The summed E-state index contributed by atoms with van der Waals surface area (Å²) in [5.74, 6) is -3.33. The minimum atomic E-state index is -3.35. The van der Waals surface area contributed by atoms with Gasteiger partial charge in [0.15, 0.2) is 11.6 Å². The first-order valence-corrected chi connectivity index (χ1v) is 7.24. The number of hydrogen-bond donors (Lipinski definition) is 2. The van der Waals surface area contributed by atoms with Gasteiger partial charge in [-0.05, 0) is 48.9 Å². The van der Waals surface area contributed by atoms with Gasteiger partial charge >= 0.3 is 6.09 Å². The quantitative estimate of drug-likeness (QED) is 0.613. The highest BCUT2D eigenvalue weighted by atomic mass is 19.3. The third-order valence-corrected chi connectivity index (χ3v) is 3.73. The SMILES string of the molecule is CC(C(=O)NC(F)C(F)F)c1cc(F)c(OC(N)=O)cc1C1CC1. The molecule has 2 unspecified atom stereocenters. The van der Waals surface area contributed by atoms with Crippen molar-refractivity contribution in [3.05, 3.63) is 29.1 Å². The Morgan fingerprint density at radius 1 is 1.29 bits per heavy atom. The van der Waals surface area contributed by atoms with Gasteiger partial charge in [-0.15, -0.1) is 0 Å². The monoisotopic (exact) mass is 348 g/mol. The lowest BCUT2D eigenvalue weighted by atomic mass is 9.92. The Balaban J connectivity index is 2.29. The fraction of sp³-hybridized carbons (Fsp3) is 0.467. The third kappa shape index (κ3) is 4.15. The number of nitrogens with two attached hydrogens (primary N) is 1. The van der Waals surface area contributed by atoms with Crippen LogP contribution < -0.4 is 15.8 Å². The van der Waals surface area contributed by atoms with E-state index in [9.17, 15) is 27.2 Å². The third-order valence-electron chi connectivity index (χ3n) is 3.73. The van der Waals surface area contributed by atoms with Crippen LogP contribution in [0.1, 0.15) is 42.7 Å². The number of amides is 2. The summed E-state index contributed by atoms with van der Waals surface area (Å²) < 4.78 is 56.0. The van der Waals surface area contributed by atoms with Crippen LogP contribution in [0.25, 0.3) is 0 Å². The van der Waals surface area contributed by atoms with Crippen LogP contribution in [-0.4, -0.2) is 24.7 Å². The maximum atomic E-state index is 14.0. The van der Waals surface area contributed by atoms with E-state index in [4.69, 9.17) is 5.73 Å². The smallest absolute Gasteiger partial charge is 0.407 e. The normalized spacial score (nSPS) is 16.6. The molecule has 1 aliphatic rings. The number of halogens is 4. The highest BCUT2D eigenvalue weighted by molar-refractivity contribution is 5.84. The Morgan fingerprint density at radius 3 is 2.42 bits per heavy atom. The standard InChI is InChI=1S/C15H16F4N2O3/c1-6(14(22)21-13(19)12(17)18)8-4-10(16)11(24-15(20)23)5-9(8)7-2-3-7/h4-7,12-13H,2-3H2,1H3,(H2,20,23)(H,21,22). The molecule has 2 rings (SSSR count). The predicted molar refractivity (Wildman–Crippen MR) is 76.0 cm³/mol. The van der Waals surface area contributed by atoms with E-state index in [1.54, 1.807) is 5.32 Å². The van der Waals surface area contributed by atoms with Crippen LogP contribution in [0.3, 0.4) is 0 Å². The number of hydrogen-bond acceptors (Lipinski definition) is 3. The molecule has 1 saturated carbocycles. The molecule has 1 aliphatic carbocycles. The second-order valence-electron chi connectivity index (χ2n) is 5.57. The molecular formula is C15H16F4N2O3. The van der Waals surface area contributed by atoms with E-state index in [-0.39, 0.29) is 17.2 Å². The van der Waals surface area contributed by atoms with Gasteiger partial charge < -0.3 is 15.8 Å². The molecule has 0 heterocycles. The van der Waals surface area contributed by atoms with Gasteiger partial charge in [-0.1, -0.05) is 0 Å². The molecule has 24 heavy (non-hydrogen) atoms. The largest absolute Gasteiger partial charge is 0.410 e. The van der Waals surface area contributed by atoms with Crippen molar-refractivity contribution in [1.29, 1.82) is 0 Å². The van der Waals surface area contributed by atoms with Crippen LogP contribution in [0.2, 0.25) is 0 Å². The van der Waals surface area contributed by atoms with Crippen LogP contribution in [-0.2, 0) is 4.79 Å². The Hall–Kier alpha value is -2.32. The van der Waals surface area contributed by atoms with Crippen molar-refractivity contribution in [2.75, 3.05) is 0 Å². The van der Waals surface area contributed by atoms with E-state index in [2.05, 4.69) is 4.74 Å². The van der Waals surface area contributed by atoms with Crippen molar-refractivity contribution in [1.82, 2.24) is 5.32 Å². The van der Waals surface area contributed by atoms with Crippen molar-refractivity contribution in [2.45, 2.75) is 44.3 Å². The van der Waals surface area contributed by atoms with Gasteiger partial charge in [0.25, 0.3) is 6.43 Å². The molecular weight excluding hydrogens is 332 g/mol. The lowest BCUT2D eigenvalue weighted by molar-refractivity contribution is -0.126. The second-order valence-corrected chi connectivity index (χ2v) is 5.57. The van der Waals surface area contributed by atoms with Crippen molar-refractivity contribution < 1.29 is 31.9 Å². The number of carbonyl (C=O) groups is 2. The Kier molecular flexibility index (Phi) is 5.30. The van der Waals surface area contributed by atoms with Crippen molar-refractivity contribution in [2.24, 2.45) is 5.73 Å². The van der Waals surface area contributed by atoms with Crippen molar-refractivity contribution in [3.63, 3.8) is 0 Å². The zero-order chi connectivity index (χ0) is 18.0. The van der Waals surface area contributed by atoms with Crippen LogP contribution in [0.4, 0.5) is 22.4 Å². The summed E-state index contributed by atoms with van der Waals surface area (Å²) in [6.07, 6.45) is -5.78. The molecule has 1 fully saturated rings. The Morgan fingerprint density at radius 2 is 1.92 bits per heavy atom. The number of alkyl halides is 3. The fourth-order valence-corrected chi connectivity index (χ4v) is 2.36. The van der Waals surface area contributed by atoms with Crippen LogP contribution in [0, 0.1) is 5.82 Å². The van der Waals surface area contributed by atoms with Gasteiger partial charge in [-0.2, -0.15) is 0 Å². The molecule has 0 aliphatic heterocycles. The molecule has 0 radical (unpaired) electrons. The first kappa shape index (κ1) is 18.0. The first-order valence-electron chi connectivity index (χ1n) is 7.24. The van der Waals surface area contributed by atoms with Crippen LogP contribution >= 0.6 is 0 Å². The molecule has 0 aromatic heterocycles. The lowest BCUT2D eigenvalue weighted by Gasteiger charge is -2.19. The number of benzene rings is 1. The summed E-state index contributed by atoms with van der Waals surface area (Å²) in [6.45, 7) is 1.35. The summed E-state index contributed by atoms with van der Waals surface area (Å²) in [5, 5.41) is 1.55. The van der Waals surface area contributed by atoms with Gasteiger partial charge in [0.2, 0.25) is 12.2 Å². The fourth-order valence-electron chi connectivity index (χ4n) is 2.36. The molecule has 2 amide bonds. The van der Waals surface area contributed by atoms with E-state index in [0.29, 0.717) is 5.56 Å². The van der Waals surface area contributed by atoms with Crippen LogP contribution in [0.15, 0.2) is 12.1 Å². The minimum Gasteiger partial charge on any atom is -0.407 e. The molecule has 2 atom stereocenters. The maximum Gasteiger partial charge on any atom is 0.410 e. The topological polar surface area (TPSA) is 81.4 Å². The maximum absolute atomic E-state index is 14.0. The van der Waals surface area contributed by atoms with E-state index in [0.717, 1.165) is 18.9 Å². The molecule has 1 aromatic carbocycles. The zero-order valence-electron chi connectivity index (χ0n) is 12.7. The second kappa shape index (κ2) is 7.06. The van der Waals surface area contributed by atoms with E-state index in [1.165, 1.54) is 13.0 Å². The highest BCUT2D eigenvalue weighted by Gasteiger charge is 2.32. The average Bonchev–Trinajstić information content (AvgIpc) is 3.32. The molecule has 0 bridgehead atoms. The molecule has 0 spiro atoms. The summed E-state index contributed by atoms with van der Waals surface area (Å²) >= 11 is 0. The Bertz CT molecular complexity index is 650. The Labute approximate surface area is 135 Å². The number of nitrogens with one attached hydrogen (secondary N) is 1. The molecule has 5 nitrogen and oxygen atoms in total. The number of rotatable bonds is 6. The summed E-state index contributed by atoms with van der Waals surface area (Å²) in [6, 6.07) is 2.24. The van der Waals surface area contributed by atoms with Crippen LogP contribution in [0.5, 0.6) is 5.75 Å². The van der Waals surface area contributed by atoms with E-state index < -0.39 is 36.5 Å². The lowest BCUT2D eigenvalue weighted by Crippen LogP contribution is -2.39. The summed E-state index contributed by atoms with van der Waals surface area (Å²) in [4.78, 5) is 22.7. The van der Waals surface area contributed by atoms with Gasteiger partial charge in [-0.25, -0.2) is 22.4 Å². The van der Waals surface area contributed by atoms with Crippen molar-refractivity contribution >= 4 is 12.0 Å². The van der Waals surface area contributed by atoms with Gasteiger partial charge in [0.1, 0.15) is 0 Å². The summed E-state index contributed by atoms with van der Waals surface area (Å²) in [7, 11) is 0. The molecule has 132 valence electrons. The zero-order valence-corrected chi connectivity index (χ0v) is 12.7. The highest BCUT2D eigenvalue weighted by Crippen LogP contribution is 2.45. The average molecular weight is 348 g/mol. The first-order chi connectivity index (χ1) is 11.2. The van der Waals surface area contributed by atoms with Gasteiger partial charge in [0.05, 0.1) is 5.92 Å². The minimum absolute atomic E-state index is 0.0300. The predicted octanol–water partition coefficient (Wildman–Crippen LogP) is 2.94. The number of ether oxygens (including phenoxy) is 1. The summed E-state index contributed by atoms with van der Waals surface area (Å²) in [5.41, 5.74) is 5.63. The van der Waals surface area contributed by atoms with Gasteiger partial charge in [0, 0.05) is 0 Å². The molecule has 3 N–H and O–H groups in total. The van der Waals surface area contributed by atoms with Crippen molar-refractivity contribution in [3.8, 4) is 5.75 Å². The number of carbonyl (C=O) groups excluding carboxylic acids is 2. The molecule has 9 heteroatoms.